The first-order valence-electron chi connectivity index (χ1n) is 8.05. The van der Waals surface area contributed by atoms with Gasteiger partial charge in [0.05, 0.1) is 0 Å². The lowest BCUT2D eigenvalue weighted by molar-refractivity contribution is 0.0687. The number of hydrogen-bond donors (Lipinski definition) is 1. The molecule has 1 rings (SSSR count). The van der Waals surface area contributed by atoms with Gasteiger partial charge in [-0.15, -0.1) is 0 Å². The van der Waals surface area contributed by atoms with Crippen LogP contribution in [0.4, 0.5) is 0 Å². The summed E-state index contributed by atoms with van der Waals surface area (Å²) in [6.45, 7) is 5.48. The molecule has 2 N–H and O–H groups in total. The van der Waals surface area contributed by atoms with Gasteiger partial charge in [0, 0.05) is 23.9 Å². The standard InChI is InChI=1S/C16H34N2S/c1-5-14-8-7-10-16(13-17,11-9-14)18(3)15(6-2)12-19-4/h14-15H,5-13,17H2,1-4H3. The number of nitrogens with zero attached hydrogens (tertiary/aromatic N) is 1. The van der Waals surface area contributed by atoms with Gasteiger partial charge in [0.15, 0.2) is 0 Å². The first kappa shape index (κ1) is 17.3. The Morgan fingerprint density at radius 2 is 2.05 bits per heavy atom. The zero-order chi connectivity index (χ0) is 14.3. The van der Waals surface area contributed by atoms with E-state index in [9.17, 15) is 0 Å². The van der Waals surface area contributed by atoms with Gasteiger partial charge in [-0.05, 0) is 44.9 Å². The molecule has 0 aromatic carbocycles. The van der Waals surface area contributed by atoms with Crippen molar-refractivity contribution in [1.29, 1.82) is 0 Å². The fourth-order valence-electron chi connectivity index (χ4n) is 3.65. The minimum Gasteiger partial charge on any atom is -0.329 e. The third-order valence-corrected chi connectivity index (χ3v) is 6.07. The van der Waals surface area contributed by atoms with Crippen LogP contribution in [0, 0.1) is 5.92 Å². The summed E-state index contributed by atoms with van der Waals surface area (Å²) in [5.74, 6) is 2.16. The van der Waals surface area contributed by atoms with Crippen LogP contribution in [0.15, 0.2) is 0 Å². The Morgan fingerprint density at radius 3 is 2.58 bits per heavy atom. The van der Waals surface area contributed by atoms with Gasteiger partial charge in [0.25, 0.3) is 0 Å². The van der Waals surface area contributed by atoms with Crippen molar-refractivity contribution in [3.63, 3.8) is 0 Å². The molecule has 0 spiro atoms. The van der Waals surface area contributed by atoms with Crippen LogP contribution in [-0.2, 0) is 0 Å². The molecule has 0 bridgehead atoms. The minimum atomic E-state index is 0.264. The van der Waals surface area contributed by atoms with Gasteiger partial charge < -0.3 is 5.73 Å². The van der Waals surface area contributed by atoms with Gasteiger partial charge in [-0.1, -0.05) is 33.1 Å². The first-order chi connectivity index (χ1) is 9.13. The minimum absolute atomic E-state index is 0.264. The molecule has 3 atom stereocenters. The van der Waals surface area contributed by atoms with Crippen molar-refractivity contribution in [2.45, 2.75) is 70.4 Å². The maximum Gasteiger partial charge on any atom is 0.0332 e. The normalized spacial score (nSPS) is 30.3. The Balaban J connectivity index is 2.77. The van der Waals surface area contributed by atoms with Gasteiger partial charge in [0.1, 0.15) is 0 Å². The highest BCUT2D eigenvalue weighted by atomic mass is 32.2. The lowest BCUT2D eigenvalue weighted by Gasteiger charge is -2.45. The van der Waals surface area contributed by atoms with E-state index >= 15 is 0 Å². The van der Waals surface area contributed by atoms with Crippen molar-refractivity contribution in [3.8, 4) is 0 Å². The van der Waals surface area contributed by atoms with Gasteiger partial charge in [-0.25, -0.2) is 0 Å². The summed E-state index contributed by atoms with van der Waals surface area (Å²) >= 11 is 1.96. The van der Waals surface area contributed by atoms with E-state index in [0.29, 0.717) is 6.04 Å². The fourth-order valence-corrected chi connectivity index (χ4v) is 4.50. The van der Waals surface area contributed by atoms with Crippen LogP contribution in [0.3, 0.4) is 0 Å². The number of thioether (sulfide) groups is 1. The van der Waals surface area contributed by atoms with Crippen LogP contribution < -0.4 is 5.73 Å². The number of rotatable bonds is 7. The molecule has 2 nitrogen and oxygen atoms in total. The first-order valence-corrected chi connectivity index (χ1v) is 9.44. The summed E-state index contributed by atoms with van der Waals surface area (Å²) in [6.07, 6.45) is 11.5. The second-order valence-corrected chi connectivity index (χ2v) is 7.17. The molecule has 0 aliphatic heterocycles. The van der Waals surface area contributed by atoms with E-state index in [2.05, 4.69) is 32.1 Å². The molecule has 1 fully saturated rings. The Bertz CT molecular complexity index is 247. The molecule has 0 aromatic rings. The van der Waals surface area contributed by atoms with Crippen molar-refractivity contribution in [3.05, 3.63) is 0 Å². The van der Waals surface area contributed by atoms with Gasteiger partial charge in [-0.2, -0.15) is 11.8 Å². The Labute approximate surface area is 124 Å². The zero-order valence-electron chi connectivity index (χ0n) is 13.5. The topological polar surface area (TPSA) is 29.3 Å². The molecule has 0 saturated heterocycles. The average molecular weight is 287 g/mol. The van der Waals surface area contributed by atoms with Crippen molar-refractivity contribution >= 4 is 11.8 Å². The molecule has 0 amide bonds. The smallest absolute Gasteiger partial charge is 0.0332 e. The van der Waals surface area contributed by atoms with E-state index in [1.807, 2.05) is 11.8 Å². The van der Waals surface area contributed by atoms with E-state index in [1.165, 1.54) is 50.7 Å². The van der Waals surface area contributed by atoms with Crippen LogP contribution in [0.1, 0.15) is 58.8 Å². The maximum absolute atomic E-state index is 6.24. The van der Waals surface area contributed by atoms with E-state index in [1.54, 1.807) is 0 Å². The molecule has 0 radical (unpaired) electrons. The summed E-state index contributed by atoms with van der Waals surface area (Å²) < 4.78 is 0. The molecule has 1 aliphatic carbocycles. The molecule has 3 unspecified atom stereocenters. The summed E-state index contributed by atoms with van der Waals surface area (Å²) in [6, 6.07) is 0.678. The van der Waals surface area contributed by atoms with Gasteiger partial charge >= 0.3 is 0 Å². The number of nitrogens with two attached hydrogens (primary N) is 1. The molecule has 114 valence electrons. The molecule has 0 heterocycles. The van der Waals surface area contributed by atoms with Crippen LogP contribution in [0.25, 0.3) is 0 Å². The zero-order valence-corrected chi connectivity index (χ0v) is 14.3. The molecular formula is C16H34N2S. The molecule has 19 heavy (non-hydrogen) atoms. The molecule has 3 heteroatoms. The lowest BCUT2D eigenvalue weighted by Crippen LogP contribution is -2.56. The van der Waals surface area contributed by atoms with Crippen molar-refractivity contribution in [2.24, 2.45) is 11.7 Å². The van der Waals surface area contributed by atoms with Gasteiger partial charge in [0.2, 0.25) is 0 Å². The number of likely N-dealkylation sites (N-methyl/N-ethyl adjacent to an activating group) is 1. The highest BCUT2D eigenvalue weighted by molar-refractivity contribution is 7.98. The highest BCUT2D eigenvalue weighted by Gasteiger charge is 2.37. The second kappa shape index (κ2) is 8.53. The summed E-state index contributed by atoms with van der Waals surface area (Å²) in [5.41, 5.74) is 6.50. The predicted octanol–water partition coefficient (Wildman–Crippen LogP) is 3.75. The van der Waals surface area contributed by atoms with Crippen LogP contribution in [-0.4, -0.2) is 42.1 Å². The summed E-state index contributed by atoms with van der Waals surface area (Å²) in [4.78, 5) is 2.64. The Hall–Kier alpha value is 0.270. The third-order valence-electron chi connectivity index (χ3n) is 5.36. The van der Waals surface area contributed by atoms with Crippen LogP contribution in [0.2, 0.25) is 0 Å². The molecule has 0 aromatic heterocycles. The number of hydrogen-bond acceptors (Lipinski definition) is 3. The third kappa shape index (κ3) is 4.37. The van der Waals surface area contributed by atoms with Crippen LogP contribution >= 0.6 is 11.8 Å². The Kier molecular flexibility index (Phi) is 7.78. The molecule has 1 aliphatic rings. The van der Waals surface area contributed by atoms with Crippen molar-refractivity contribution in [2.75, 3.05) is 25.6 Å². The van der Waals surface area contributed by atoms with E-state index < -0.39 is 0 Å². The molecular weight excluding hydrogens is 252 g/mol. The van der Waals surface area contributed by atoms with Crippen molar-refractivity contribution in [1.82, 2.24) is 4.90 Å². The van der Waals surface area contributed by atoms with Crippen molar-refractivity contribution < 1.29 is 0 Å². The largest absolute Gasteiger partial charge is 0.329 e. The van der Waals surface area contributed by atoms with E-state index in [4.69, 9.17) is 5.73 Å². The van der Waals surface area contributed by atoms with Crippen LogP contribution in [0.5, 0.6) is 0 Å². The highest BCUT2D eigenvalue weighted by Crippen LogP contribution is 2.36. The quantitative estimate of drug-likeness (QED) is 0.723. The van der Waals surface area contributed by atoms with E-state index in [0.717, 1.165) is 12.5 Å². The average Bonchev–Trinajstić information content (AvgIpc) is 2.66. The van der Waals surface area contributed by atoms with E-state index in [-0.39, 0.29) is 5.54 Å². The summed E-state index contributed by atoms with van der Waals surface area (Å²) in [7, 11) is 2.32. The van der Waals surface area contributed by atoms with Gasteiger partial charge in [-0.3, -0.25) is 4.90 Å². The second-order valence-electron chi connectivity index (χ2n) is 6.26. The molecule has 1 saturated carbocycles. The fraction of sp³-hybridized carbons (Fsp3) is 1.00. The monoisotopic (exact) mass is 286 g/mol. The SMILES string of the molecule is CCC1CCCC(CN)(N(C)C(CC)CSC)CC1. The lowest BCUT2D eigenvalue weighted by atomic mass is 9.86. The maximum atomic E-state index is 6.24. The Morgan fingerprint density at radius 1 is 1.32 bits per heavy atom. The summed E-state index contributed by atoms with van der Waals surface area (Å²) in [5, 5.41) is 0. The predicted molar refractivity (Wildman–Crippen MR) is 88.9 cm³/mol.